The lowest BCUT2D eigenvalue weighted by atomic mass is 10.3. The summed E-state index contributed by atoms with van der Waals surface area (Å²) in [6, 6.07) is 4.55. The van der Waals surface area contributed by atoms with Gasteiger partial charge < -0.3 is 10.5 Å². The van der Waals surface area contributed by atoms with Crippen LogP contribution in [0.25, 0.3) is 0 Å². The zero-order chi connectivity index (χ0) is 12.4. The Morgan fingerprint density at radius 2 is 2.18 bits per heavy atom. The fourth-order valence-corrected chi connectivity index (χ4v) is 1.38. The second-order valence-corrected chi connectivity index (χ2v) is 4.04. The van der Waals surface area contributed by atoms with E-state index in [4.69, 9.17) is 10.5 Å². The highest BCUT2D eigenvalue weighted by molar-refractivity contribution is 5.43. The summed E-state index contributed by atoms with van der Waals surface area (Å²) in [4.78, 5) is 0. The van der Waals surface area contributed by atoms with Crippen LogP contribution in [0.2, 0.25) is 0 Å². The van der Waals surface area contributed by atoms with Crippen molar-refractivity contribution >= 4 is 5.69 Å². The van der Waals surface area contributed by atoms with Crippen LogP contribution in [0.5, 0.6) is 11.5 Å². The van der Waals surface area contributed by atoms with E-state index >= 15 is 0 Å². The zero-order valence-electron chi connectivity index (χ0n) is 9.72. The minimum atomic E-state index is -0.484. The summed E-state index contributed by atoms with van der Waals surface area (Å²) in [6.45, 7) is 4.00. The van der Waals surface area contributed by atoms with Crippen molar-refractivity contribution in [1.82, 2.24) is 9.78 Å². The Bertz CT molecular complexity index is 522. The van der Waals surface area contributed by atoms with Crippen LogP contribution >= 0.6 is 0 Å². The monoisotopic (exact) mass is 235 g/mol. The maximum absolute atomic E-state index is 13.5. The summed E-state index contributed by atoms with van der Waals surface area (Å²) in [5.74, 6) is 0.159. The van der Waals surface area contributed by atoms with Crippen LogP contribution in [0.1, 0.15) is 19.9 Å². The lowest BCUT2D eigenvalue weighted by Gasteiger charge is -2.05. The number of hydrogen-bond acceptors (Lipinski definition) is 3. The minimum Gasteiger partial charge on any atom is -0.451 e. The smallest absolute Gasteiger partial charge is 0.167 e. The molecule has 1 heterocycles. The number of nitrogens with zero attached hydrogens (tertiary/aromatic N) is 2. The number of hydrogen-bond donors (Lipinski definition) is 1. The second-order valence-electron chi connectivity index (χ2n) is 4.04. The number of halogens is 1. The van der Waals surface area contributed by atoms with Crippen LogP contribution in [0.3, 0.4) is 0 Å². The number of aromatic nitrogens is 2. The first-order valence-electron chi connectivity index (χ1n) is 5.33. The van der Waals surface area contributed by atoms with Gasteiger partial charge in [-0.25, -0.2) is 4.39 Å². The highest BCUT2D eigenvalue weighted by Gasteiger charge is 2.07. The molecule has 0 fully saturated rings. The van der Waals surface area contributed by atoms with Gasteiger partial charge in [0.2, 0.25) is 0 Å². The molecule has 0 saturated heterocycles. The molecule has 0 radical (unpaired) electrons. The molecular formula is C12H14FN3O. The van der Waals surface area contributed by atoms with E-state index in [0.29, 0.717) is 11.4 Å². The molecule has 0 atom stereocenters. The largest absolute Gasteiger partial charge is 0.451 e. The van der Waals surface area contributed by atoms with Gasteiger partial charge in [0.25, 0.3) is 0 Å². The van der Waals surface area contributed by atoms with Gasteiger partial charge in [-0.05, 0) is 26.0 Å². The molecule has 1 aromatic heterocycles. The lowest BCUT2D eigenvalue weighted by molar-refractivity contribution is 0.440. The van der Waals surface area contributed by atoms with Crippen molar-refractivity contribution in [1.29, 1.82) is 0 Å². The van der Waals surface area contributed by atoms with Crippen LogP contribution in [-0.2, 0) is 0 Å². The van der Waals surface area contributed by atoms with Crippen LogP contribution in [0.15, 0.2) is 30.6 Å². The summed E-state index contributed by atoms with van der Waals surface area (Å²) in [7, 11) is 0. The number of rotatable bonds is 3. The van der Waals surface area contributed by atoms with E-state index < -0.39 is 5.82 Å². The molecule has 5 heteroatoms. The fraction of sp³-hybridized carbons (Fsp3) is 0.250. The SMILES string of the molecule is CC(C)n1cc(Oc2ccc(N)cc2F)cn1. The van der Waals surface area contributed by atoms with Crippen LogP contribution in [-0.4, -0.2) is 9.78 Å². The van der Waals surface area contributed by atoms with Crippen molar-refractivity contribution in [2.24, 2.45) is 0 Å². The van der Waals surface area contributed by atoms with E-state index in [0.717, 1.165) is 0 Å². The van der Waals surface area contributed by atoms with Gasteiger partial charge in [0.1, 0.15) is 0 Å². The number of nitrogen functional groups attached to an aromatic ring is 1. The number of benzene rings is 1. The fourth-order valence-electron chi connectivity index (χ4n) is 1.38. The summed E-state index contributed by atoms with van der Waals surface area (Å²) < 4.78 is 20.6. The quantitative estimate of drug-likeness (QED) is 0.832. The van der Waals surface area contributed by atoms with Crippen molar-refractivity contribution in [3.8, 4) is 11.5 Å². The molecule has 2 aromatic rings. The summed E-state index contributed by atoms with van der Waals surface area (Å²) in [5.41, 5.74) is 5.82. The molecule has 0 spiro atoms. The molecule has 0 aliphatic rings. The second kappa shape index (κ2) is 4.45. The van der Waals surface area contributed by atoms with Crippen molar-refractivity contribution in [3.63, 3.8) is 0 Å². The third-order valence-electron chi connectivity index (χ3n) is 2.29. The first-order chi connectivity index (χ1) is 8.06. The van der Waals surface area contributed by atoms with Crippen molar-refractivity contribution in [3.05, 3.63) is 36.4 Å². The van der Waals surface area contributed by atoms with E-state index in [-0.39, 0.29) is 11.8 Å². The molecule has 0 amide bonds. The molecule has 0 bridgehead atoms. The van der Waals surface area contributed by atoms with E-state index in [2.05, 4.69) is 5.10 Å². The molecule has 2 N–H and O–H groups in total. The average molecular weight is 235 g/mol. The Balaban J connectivity index is 2.19. The van der Waals surface area contributed by atoms with E-state index in [1.165, 1.54) is 12.1 Å². The maximum atomic E-state index is 13.5. The molecular weight excluding hydrogens is 221 g/mol. The minimum absolute atomic E-state index is 0.141. The Kier molecular flexibility index (Phi) is 2.99. The zero-order valence-corrected chi connectivity index (χ0v) is 9.72. The van der Waals surface area contributed by atoms with Crippen molar-refractivity contribution < 1.29 is 9.13 Å². The lowest BCUT2D eigenvalue weighted by Crippen LogP contribution is -1.99. The predicted octanol–water partition coefficient (Wildman–Crippen LogP) is 2.98. The summed E-state index contributed by atoms with van der Waals surface area (Å²) >= 11 is 0. The Morgan fingerprint density at radius 3 is 2.76 bits per heavy atom. The van der Waals surface area contributed by atoms with Gasteiger partial charge in [0.05, 0.1) is 12.4 Å². The van der Waals surface area contributed by atoms with E-state index in [1.807, 2.05) is 13.8 Å². The van der Waals surface area contributed by atoms with E-state index in [9.17, 15) is 4.39 Å². The molecule has 1 aromatic carbocycles. The van der Waals surface area contributed by atoms with Gasteiger partial charge in [0.15, 0.2) is 17.3 Å². The topological polar surface area (TPSA) is 53.1 Å². The normalized spacial score (nSPS) is 10.8. The van der Waals surface area contributed by atoms with Gasteiger partial charge in [-0.3, -0.25) is 4.68 Å². The molecule has 90 valence electrons. The molecule has 17 heavy (non-hydrogen) atoms. The molecule has 0 saturated carbocycles. The number of anilines is 1. The van der Waals surface area contributed by atoms with Crippen LogP contribution in [0, 0.1) is 5.82 Å². The Labute approximate surface area is 98.8 Å². The van der Waals surface area contributed by atoms with Crippen molar-refractivity contribution in [2.75, 3.05) is 5.73 Å². The van der Waals surface area contributed by atoms with Gasteiger partial charge in [-0.1, -0.05) is 0 Å². The van der Waals surface area contributed by atoms with Crippen LogP contribution in [0.4, 0.5) is 10.1 Å². The first-order valence-corrected chi connectivity index (χ1v) is 5.33. The Morgan fingerprint density at radius 1 is 1.41 bits per heavy atom. The standard InChI is InChI=1S/C12H14FN3O/c1-8(2)16-7-10(6-15-16)17-12-4-3-9(14)5-11(12)13/h3-8H,14H2,1-2H3. The molecule has 0 unspecified atom stereocenters. The van der Waals surface area contributed by atoms with Gasteiger partial charge in [0, 0.05) is 17.8 Å². The molecule has 0 aliphatic heterocycles. The van der Waals surface area contributed by atoms with Gasteiger partial charge in [-0.2, -0.15) is 5.10 Å². The summed E-state index contributed by atoms with van der Waals surface area (Å²) in [5, 5.41) is 4.10. The molecule has 0 aliphatic carbocycles. The number of nitrogens with two attached hydrogens (primary N) is 1. The molecule has 4 nitrogen and oxygen atoms in total. The summed E-state index contributed by atoms with van der Waals surface area (Å²) in [6.07, 6.45) is 3.27. The van der Waals surface area contributed by atoms with Crippen molar-refractivity contribution in [2.45, 2.75) is 19.9 Å². The average Bonchev–Trinajstić information content (AvgIpc) is 2.71. The predicted molar refractivity (Wildman–Crippen MR) is 63.5 cm³/mol. The maximum Gasteiger partial charge on any atom is 0.167 e. The van der Waals surface area contributed by atoms with Crippen LogP contribution < -0.4 is 10.5 Å². The first kappa shape index (κ1) is 11.4. The number of ether oxygens (including phenoxy) is 1. The third-order valence-corrected chi connectivity index (χ3v) is 2.29. The molecule has 2 rings (SSSR count). The highest BCUT2D eigenvalue weighted by Crippen LogP contribution is 2.25. The highest BCUT2D eigenvalue weighted by atomic mass is 19.1. The van der Waals surface area contributed by atoms with E-state index in [1.54, 1.807) is 23.1 Å². The third kappa shape index (κ3) is 2.55. The Hall–Kier alpha value is -2.04. The van der Waals surface area contributed by atoms with Gasteiger partial charge in [-0.15, -0.1) is 0 Å². The van der Waals surface area contributed by atoms with Gasteiger partial charge >= 0.3 is 0 Å².